The zero-order valence-electron chi connectivity index (χ0n) is 14.1. The van der Waals surface area contributed by atoms with Gasteiger partial charge in [-0.15, -0.1) is 0 Å². The Morgan fingerprint density at radius 3 is 2.52 bits per heavy atom. The summed E-state index contributed by atoms with van der Waals surface area (Å²) in [5.74, 6) is -0.383. The number of hydrogen-bond acceptors (Lipinski definition) is 3. The number of nitrogens with one attached hydrogen (secondary N) is 1. The van der Waals surface area contributed by atoms with E-state index in [-0.39, 0.29) is 17.9 Å². The highest BCUT2D eigenvalue weighted by molar-refractivity contribution is 5.78. The molecule has 7 nitrogen and oxygen atoms in total. The zero-order valence-corrected chi connectivity index (χ0v) is 14.1. The first-order valence-electron chi connectivity index (χ1n) is 8.50. The fraction of sp³-hybridized carbons (Fsp3) is 0.389. The monoisotopic (exact) mass is 341 g/mol. The van der Waals surface area contributed by atoms with Crippen LogP contribution < -0.4 is 11.1 Å². The smallest absolute Gasteiger partial charge is 0.317 e. The molecule has 3 amide bonds. The minimum atomic E-state index is -0.271. The number of likely N-dealkylation sites (tertiary alicyclic amines) is 1. The van der Waals surface area contributed by atoms with Crippen LogP contribution in [0.15, 0.2) is 42.7 Å². The van der Waals surface area contributed by atoms with Crippen molar-refractivity contribution in [1.29, 1.82) is 0 Å². The molecule has 0 saturated carbocycles. The maximum absolute atomic E-state index is 12.4. The molecule has 0 aliphatic carbocycles. The van der Waals surface area contributed by atoms with Crippen LogP contribution in [0, 0.1) is 5.92 Å². The standard InChI is InChI=1S/C18H23N5O2/c19-17(24)14-6-10-22(11-7-14)18(25)20-12-15-4-1-2-5-16(15)13-23-9-3-8-21-23/h1-5,8-9,14H,6-7,10-13H2,(H2,19,24)(H,20,25). The maximum Gasteiger partial charge on any atom is 0.317 e. The lowest BCUT2D eigenvalue weighted by atomic mass is 9.96. The Kier molecular flexibility index (Phi) is 5.33. The van der Waals surface area contributed by atoms with Crippen molar-refractivity contribution >= 4 is 11.9 Å². The second kappa shape index (κ2) is 7.83. The number of hydrogen-bond donors (Lipinski definition) is 2. The quantitative estimate of drug-likeness (QED) is 0.859. The second-order valence-electron chi connectivity index (χ2n) is 6.29. The van der Waals surface area contributed by atoms with Crippen LogP contribution in [-0.2, 0) is 17.9 Å². The molecule has 1 aliphatic rings. The van der Waals surface area contributed by atoms with E-state index in [0.29, 0.717) is 39.0 Å². The summed E-state index contributed by atoms with van der Waals surface area (Å²) < 4.78 is 1.86. The van der Waals surface area contributed by atoms with Gasteiger partial charge in [-0.25, -0.2) is 4.79 Å². The van der Waals surface area contributed by atoms with Crippen LogP contribution in [0.5, 0.6) is 0 Å². The number of piperidine rings is 1. The Balaban J connectivity index is 1.55. The van der Waals surface area contributed by atoms with Crippen molar-refractivity contribution in [1.82, 2.24) is 20.0 Å². The number of amides is 3. The van der Waals surface area contributed by atoms with Crippen molar-refractivity contribution in [2.24, 2.45) is 11.7 Å². The molecule has 7 heteroatoms. The predicted molar refractivity (Wildman–Crippen MR) is 93.5 cm³/mol. The van der Waals surface area contributed by atoms with Gasteiger partial charge in [0.05, 0.1) is 6.54 Å². The van der Waals surface area contributed by atoms with E-state index in [2.05, 4.69) is 10.4 Å². The molecule has 0 atom stereocenters. The van der Waals surface area contributed by atoms with E-state index in [1.54, 1.807) is 11.1 Å². The van der Waals surface area contributed by atoms with Crippen molar-refractivity contribution in [3.8, 4) is 0 Å². The maximum atomic E-state index is 12.4. The van der Waals surface area contributed by atoms with E-state index in [4.69, 9.17) is 5.73 Å². The Labute approximate surface area is 146 Å². The van der Waals surface area contributed by atoms with Gasteiger partial charge in [-0.05, 0) is 30.0 Å². The highest BCUT2D eigenvalue weighted by Crippen LogP contribution is 2.17. The Hall–Kier alpha value is -2.83. The SMILES string of the molecule is NC(=O)C1CCN(C(=O)NCc2ccccc2Cn2cccn2)CC1. The number of carbonyl (C=O) groups excluding carboxylic acids is 2. The fourth-order valence-electron chi connectivity index (χ4n) is 3.10. The van der Waals surface area contributed by atoms with E-state index < -0.39 is 0 Å². The van der Waals surface area contributed by atoms with Crippen molar-refractivity contribution in [3.05, 3.63) is 53.9 Å². The third kappa shape index (κ3) is 4.37. The first kappa shape index (κ1) is 17.0. The summed E-state index contributed by atoms with van der Waals surface area (Å²) in [6, 6.07) is 9.79. The van der Waals surface area contributed by atoms with Gasteiger partial charge in [-0.3, -0.25) is 9.48 Å². The Bertz CT molecular complexity index is 721. The molecule has 2 heterocycles. The van der Waals surface area contributed by atoms with E-state index in [1.165, 1.54) is 0 Å². The molecule has 3 rings (SSSR count). The molecular weight excluding hydrogens is 318 g/mol. The Morgan fingerprint density at radius 1 is 1.16 bits per heavy atom. The number of carbonyl (C=O) groups is 2. The highest BCUT2D eigenvalue weighted by Gasteiger charge is 2.25. The number of aromatic nitrogens is 2. The predicted octanol–water partition coefficient (Wildman–Crippen LogP) is 1.34. The molecule has 0 unspecified atom stereocenters. The van der Waals surface area contributed by atoms with Gasteiger partial charge in [0, 0.05) is 37.9 Å². The molecule has 1 aliphatic heterocycles. The lowest BCUT2D eigenvalue weighted by Gasteiger charge is -2.30. The van der Waals surface area contributed by atoms with Gasteiger partial charge in [0.15, 0.2) is 0 Å². The molecule has 132 valence electrons. The molecule has 1 saturated heterocycles. The van der Waals surface area contributed by atoms with Crippen molar-refractivity contribution in [2.75, 3.05) is 13.1 Å². The van der Waals surface area contributed by atoms with Gasteiger partial charge in [-0.2, -0.15) is 5.10 Å². The molecule has 1 fully saturated rings. The van der Waals surface area contributed by atoms with Crippen molar-refractivity contribution in [3.63, 3.8) is 0 Å². The summed E-state index contributed by atoms with van der Waals surface area (Å²) in [5.41, 5.74) is 7.52. The average molecular weight is 341 g/mol. The van der Waals surface area contributed by atoms with Crippen LogP contribution in [-0.4, -0.2) is 39.7 Å². The van der Waals surface area contributed by atoms with Crippen LogP contribution >= 0.6 is 0 Å². The third-order valence-corrected chi connectivity index (χ3v) is 4.62. The number of rotatable bonds is 5. The molecular formula is C18H23N5O2. The highest BCUT2D eigenvalue weighted by atomic mass is 16.2. The van der Waals surface area contributed by atoms with Gasteiger partial charge >= 0.3 is 6.03 Å². The third-order valence-electron chi connectivity index (χ3n) is 4.62. The van der Waals surface area contributed by atoms with Crippen LogP contribution in [0.3, 0.4) is 0 Å². The first-order valence-corrected chi connectivity index (χ1v) is 8.50. The van der Waals surface area contributed by atoms with Crippen molar-refractivity contribution in [2.45, 2.75) is 25.9 Å². The summed E-state index contributed by atoms with van der Waals surface area (Å²) in [7, 11) is 0. The van der Waals surface area contributed by atoms with Crippen LogP contribution in [0.2, 0.25) is 0 Å². The van der Waals surface area contributed by atoms with Gasteiger partial charge in [0.25, 0.3) is 0 Å². The normalized spacial score (nSPS) is 15.1. The number of urea groups is 1. The lowest BCUT2D eigenvalue weighted by molar-refractivity contribution is -0.123. The van der Waals surface area contributed by atoms with Crippen LogP contribution in [0.25, 0.3) is 0 Å². The Morgan fingerprint density at radius 2 is 1.88 bits per heavy atom. The molecule has 25 heavy (non-hydrogen) atoms. The summed E-state index contributed by atoms with van der Waals surface area (Å²) in [4.78, 5) is 25.3. The number of primary amides is 1. The average Bonchev–Trinajstić information content (AvgIpc) is 3.14. The van der Waals surface area contributed by atoms with Crippen molar-refractivity contribution < 1.29 is 9.59 Å². The van der Waals surface area contributed by atoms with E-state index in [9.17, 15) is 9.59 Å². The number of nitrogens with two attached hydrogens (primary N) is 1. The molecule has 0 spiro atoms. The second-order valence-corrected chi connectivity index (χ2v) is 6.29. The molecule has 0 radical (unpaired) electrons. The van der Waals surface area contributed by atoms with Crippen LogP contribution in [0.1, 0.15) is 24.0 Å². The van der Waals surface area contributed by atoms with E-state index in [0.717, 1.165) is 11.1 Å². The lowest BCUT2D eigenvalue weighted by Crippen LogP contribution is -2.46. The fourth-order valence-corrected chi connectivity index (χ4v) is 3.10. The zero-order chi connectivity index (χ0) is 17.6. The van der Waals surface area contributed by atoms with E-state index in [1.807, 2.05) is 41.2 Å². The minimum Gasteiger partial charge on any atom is -0.369 e. The molecule has 1 aromatic carbocycles. The molecule has 0 bridgehead atoms. The summed E-state index contributed by atoms with van der Waals surface area (Å²) >= 11 is 0. The topological polar surface area (TPSA) is 93.3 Å². The minimum absolute atomic E-state index is 0.100. The number of benzene rings is 1. The van der Waals surface area contributed by atoms with Gasteiger partial charge in [-0.1, -0.05) is 24.3 Å². The van der Waals surface area contributed by atoms with Gasteiger partial charge in [0.1, 0.15) is 0 Å². The summed E-state index contributed by atoms with van der Waals surface area (Å²) in [5, 5.41) is 7.20. The summed E-state index contributed by atoms with van der Waals surface area (Å²) in [6.07, 6.45) is 4.94. The largest absolute Gasteiger partial charge is 0.369 e. The van der Waals surface area contributed by atoms with Gasteiger partial charge in [0.2, 0.25) is 5.91 Å². The van der Waals surface area contributed by atoms with Crippen LogP contribution in [0.4, 0.5) is 4.79 Å². The van der Waals surface area contributed by atoms with E-state index >= 15 is 0 Å². The molecule has 2 aromatic rings. The summed E-state index contributed by atoms with van der Waals surface area (Å²) in [6.45, 7) is 2.26. The number of nitrogens with zero attached hydrogens (tertiary/aromatic N) is 3. The molecule has 1 aromatic heterocycles. The van der Waals surface area contributed by atoms with Gasteiger partial charge < -0.3 is 16.0 Å². The first-order chi connectivity index (χ1) is 12.1. The molecule has 3 N–H and O–H groups in total.